The van der Waals surface area contributed by atoms with Crippen LogP contribution in [0.4, 0.5) is 0 Å². The fraction of sp³-hybridized carbons (Fsp3) is 0.312. The van der Waals surface area contributed by atoms with Crippen molar-refractivity contribution < 1.29 is 5.11 Å². The Morgan fingerprint density at radius 3 is 2.64 bits per heavy atom. The van der Waals surface area contributed by atoms with E-state index in [1.807, 2.05) is 47.3 Å². The molecule has 22 heavy (non-hydrogen) atoms. The van der Waals surface area contributed by atoms with Gasteiger partial charge in [-0.25, -0.2) is 9.67 Å². The molecule has 6 nitrogen and oxygen atoms in total. The number of hydrogen-bond donors (Lipinski definition) is 1. The molecular weight excluding hydrogens is 278 g/mol. The lowest BCUT2D eigenvalue weighted by Gasteiger charge is -2.04. The van der Waals surface area contributed by atoms with E-state index in [4.69, 9.17) is 0 Å². The molecule has 2 heterocycles. The lowest BCUT2D eigenvalue weighted by molar-refractivity contribution is 0.266. The second-order valence-electron chi connectivity index (χ2n) is 5.04. The van der Waals surface area contributed by atoms with Gasteiger partial charge in [0, 0.05) is 30.9 Å². The van der Waals surface area contributed by atoms with Crippen molar-refractivity contribution in [2.75, 3.05) is 6.61 Å². The molecule has 0 amide bonds. The molecule has 0 unspecified atom stereocenters. The highest BCUT2D eigenvalue weighted by molar-refractivity contribution is 5.53. The molecule has 0 atom stereocenters. The van der Waals surface area contributed by atoms with Crippen LogP contribution in [-0.4, -0.2) is 36.3 Å². The first-order chi connectivity index (χ1) is 10.9. The molecule has 0 spiro atoms. The van der Waals surface area contributed by atoms with Gasteiger partial charge in [0.2, 0.25) is 0 Å². The van der Waals surface area contributed by atoms with Crippen molar-refractivity contribution in [1.82, 2.24) is 24.5 Å². The maximum Gasteiger partial charge on any atom is 0.181 e. The number of hydrogen-bond acceptors (Lipinski definition) is 4. The van der Waals surface area contributed by atoms with Gasteiger partial charge in [-0.3, -0.25) is 4.68 Å². The lowest BCUT2D eigenvalue weighted by Crippen LogP contribution is -2.10. The van der Waals surface area contributed by atoms with Gasteiger partial charge in [0.15, 0.2) is 5.82 Å². The lowest BCUT2D eigenvalue weighted by atomic mass is 10.2. The number of aliphatic hydroxyl groups excluding tert-OH is 1. The van der Waals surface area contributed by atoms with Crippen molar-refractivity contribution in [1.29, 1.82) is 0 Å². The standard InChI is InChI=1S/C16H19N5O/c22-13-12-21-15(8-4-10-20-11-5-9-17-20)18-16(19-21)14-6-2-1-3-7-14/h1-3,5-7,9,11,22H,4,8,10,12-13H2. The largest absolute Gasteiger partial charge is 0.394 e. The summed E-state index contributed by atoms with van der Waals surface area (Å²) in [6.45, 7) is 1.38. The number of aromatic nitrogens is 5. The fourth-order valence-electron chi connectivity index (χ4n) is 2.37. The number of rotatable bonds is 7. The molecule has 1 aromatic carbocycles. The van der Waals surface area contributed by atoms with Crippen LogP contribution in [0.1, 0.15) is 12.2 Å². The summed E-state index contributed by atoms with van der Waals surface area (Å²) in [6.07, 6.45) is 5.47. The number of aliphatic hydroxyl groups is 1. The van der Waals surface area contributed by atoms with Crippen LogP contribution in [-0.2, 0) is 19.5 Å². The summed E-state index contributed by atoms with van der Waals surface area (Å²) >= 11 is 0. The van der Waals surface area contributed by atoms with Gasteiger partial charge in [0.05, 0.1) is 13.2 Å². The van der Waals surface area contributed by atoms with Crippen LogP contribution >= 0.6 is 0 Å². The molecule has 0 aliphatic rings. The summed E-state index contributed by atoms with van der Waals surface area (Å²) in [5, 5.41) is 17.9. The first kappa shape index (κ1) is 14.5. The molecule has 3 aromatic rings. The molecule has 0 saturated heterocycles. The fourth-order valence-corrected chi connectivity index (χ4v) is 2.37. The monoisotopic (exact) mass is 297 g/mol. The van der Waals surface area contributed by atoms with Crippen LogP contribution in [0.5, 0.6) is 0 Å². The van der Waals surface area contributed by atoms with E-state index in [0.29, 0.717) is 12.4 Å². The minimum atomic E-state index is 0.0593. The Hall–Kier alpha value is -2.47. The van der Waals surface area contributed by atoms with Gasteiger partial charge >= 0.3 is 0 Å². The van der Waals surface area contributed by atoms with Gasteiger partial charge in [-0.15, -0.1) is 0 Å². The van der Waals surface area contributed by atoms with Crippen molar-refractivity contribution in [2.45, 2.75) is 25.9 Å². The first-order valence-electron chi connectivity index (χ1n) is 7.44. The van der Waals surface area contributed by atoms with Gasteiger partial charge in [-0.1, -0.05) is 30.3 Å². The third-order valence-electron chi connectivity index (χ3n) is 3.44. The molecule has 0 radical (unpaired) electrons. The average Bonchev–Trinajstić information content (AvgIpc) is 3.19. The molecule has 114 valence electrons. The zero-order valence-corrected chi connectivity index (χ0v) is 12.3. The summed E-state index contributed by atoms with van der Waals surface area (Å²) < 4.78 is 3.70. The van der Waals surface area contributed by atoms with Crippen molar-refractivity contribution >= 4 is 0 Å². The van der Waals surface area contributed by atoms with Crippen molar-refractivity contribution in [3.8, 4) is 11.4 Å². The zero-order chi connectivity index (χ0) is 15.2. The second-order valence-corrected chi connectivity index (χ2v) is 5.04. The van der Waals surface area contributed by atoms with E-state index in [9.17, 15) is 5.11 Å². The van der Waals surface area contributed by atoms with E-state index in [1.54, 1.807) is 10.9 Å². The number of benzene rings is 1. The minimum Gasteiger partial charge on any atom is -0.394 e. The number of aryl methyl sites for hydroxylation is 2. The van der Waals surface area contributed by atoms with Gasteiger partial charge in [0.1, 0.15) is 5.82 Å². The Bertz CT molecular complexity index is 691. The molecule has 0 fully saturated rings. The van der Waals surface area contributed by atoms with E-state index in [-0.39, 0.29) is 6.61 Å². The smallest absolute Gasteiger partial charge is 0.181 e. The third-order valence-corrected chi connectivity index (χ3v) is 3.44. The summed E-state index contributed by atoms with van der Waals surface area (Å²) in [5.41, 5.74) is 0.993. The van der Waals surface area contributed by atoms with Crippen molar-refractivity contribution in [2.24, 2.45) is 0 Å². The van der Waals surface area contributed by atoms with Crippen LogP contribution in [0.25, 0.3) is 11.4 Å². The predicted octanol–water partition coefficient (Wildman–Crippen LogP) is 1.77. The SMILES string of the molecule is OCCn1nc(-c2ccccc2)nc1CCCn1cccn1. The quantitative estimate of drug-likeness (QED) is 0.721. The summed E-state index contributed by atoms with van der Waals surface area (Å²) in [6, 6.07) is 11.8. The molecular formula is C16H19N5O. The molecule has 0 aliphatic carbocycles. The maximum absolute atomic E-state index is 9.20. The first-order valence-corrected chi connectivity index (χ1v) is 7.44. The highest BCUT2D eigenvalue weighted by Gasteiger charge is 2.11. The van der Waals surface area contributed by atoms with Crippen LogP contribution < -0.4 is 0 Å². The molecule has 2 aromatic heterocycles. The van der Waals surface area contributed by atoms with Gasteiger partial charge < -0.3 is 5.11 Å². The van der Waals surface area contributed by atoms with E-state index in [1.165, 1.54) is 0 Å². The highest BCUT2D eigenvalue weighted by atomic mass is 16.3. The van der Waals surface area contributed by atoms with Crippen LogP contribution in [0.15, 0.2) is 48.8 Å². The Labute approximate surface area is 129 Å². The zero-order valence-electron chi connectivity index (χ0n) is 12.3. The Morgan fingerprint density at radius 2 is 1.91 bits per heavy atom. The van der Waals surface area contributed by atoms with Gasteiger partial charge in [-0.05, 0) is 12.5 Å². The Balaban J connectivity index is 1.72. The van der Waals surface area contributed by atoms with Crippen molar-refractivity contribution in [3.63, 3.8) is 0 Å². The summed E-state index contributed by atoms with van der Waals surface area (Å²) in [7, 11) is 0. The van der Waals surface area contributed by atoms with E-state index in [2.05, 4.69) is 15.2 Å². The normalized spacial score (nSPS) is 11.0. The summed E-state index contributed by atoms with van der Waals surface area (Å²) in [4.78, 5) is 4.63. The number of nitrogens with zero attached hydrogens (tertiary/aromatic N) is 5. The molecule has 6 heteroatoms. The average molecular weight is 297 g/mol. The molecule has 0 saturated carbocycles. The van der Waals surface area contributed by atoms with Crippen LogP contribution in [0.2, 0.25) is 0 Å². The maximum atomic E-state index is 9.20. The van der Waals surface area contributed by atoms with Gasteiger partial charge in [0.25, 0.3) is 0 Å². The van der Waals surface area contributed by atoms with Crippen LogP contribution in [0.3, 0.4) is 0 Å². The van der Waals surface area contributed by atoms with E-state index >= 15 is 0 Å². The highest BCUT2D eigenvalue weighted by Crippen LogP contribution is 2.16. The molecule has 0 bridgehead atoms. The van der Waals surface area contributed by atoms with Crippen molar-refractivity contribution in [3.05, 3.63) is 54.6 Å². The van der Waals surface area contributed by atoms with Crippen LogP contribution in [0, 0.1) is 0 Å². The molecule has 1 N–H and O–H groups in total. The molecule has 3 rings (SSSR count). The second kappa shape index (κ2) is 7.00. The van der Waals surface area contributed by atoms with E-state index in [0.717, 1.165) is 30.8 Å². The molecule has 0 aliphatic heterocycles. The Kier molecular flexibility index (Phi) is 4.60. The topological polar surface area (TPSA) is 68.8 Å². The predicted molar refractivity (Wildman–Crippen MR) is 83.1 cm³/mol. The third kappa shape index (κ3) is 3.40. The van der Waals surface area contributed by atoms with E-state index < -0.39 is 0 Å². The minimum absolute atomic E-state index is 0.0593. The Morgan fingerprint density at radius 1 is 1.05 bits per heavy atom. The van der Waals surface area contributed by atoms with Gasteiger partial charge in [-0.2, -0.15) is 10.2 Å². The summed E-state index contributed by atoms with van der Waals surface area (Å²) in [5.74, 6) is 1.61.